The van der Waals surface area contributed by atoms with E-state index in [9.17, 15) is 0 Å². The van der Waals surface area contributed by atoms with Gasteiger partial charge in [-0.3, -0.25) is 0 Å². The van der Waals surface area contributed by atoms with Crippen LogP contribution in [0.5, 0.6) is 0 Å². The first kappa shape index (κ1) is 28.4. The maximum Gasteiger partial charge on any atom is 0.0583 e. The normalized spacial score (nSPS) is 20.5. The summed E-state index contributed by atoms with van der Waals surface area (Å²) in [5, 5.41) is 5.35. The van der Waals surface area contributed by atoms with Gasteiger partial charge in [-0.25, -0.2) is 0 Å². The fourth-order valence-electron chi connectivity index (χ4n) is 11.3. The first-order valence-corrected chi connectivity index (χ1v) is 19.0. The summed E-state index contributed by atoms with van der Waals surface area (Å²) < 4.78 is 5.20. The Morgan fingerprint density at radius 3 is 1.76 bits per heavy atom. The molecule has 12 rings (SSSR count). The molecule has 5 heterocycles. The summed E-state index contributed by atoms with van der Waals surface area (Å²) in [6, 6.07) is 45.0. The zero-order valence-electron chi connectivity index (χ0n) is 29.8. The molecule has 1 saturated carbocycles. The molecule has 248 valence electrons. The lowest BCUT2D eigenvalue weighted by Gasteiger charge is -2.42. The van der Waals surface area contributed by atoms with Gasteiger partial charge >= 0.3 is 0 Å². The van der Waals surface area contributed by atoms with Crippen molar-refractivity contribution in [3.05, 3.63) is 143 Å². The van der Waals surface area contributed by atoms with E-state index >= 15 is 0 Å². The van der Waals surface area contributed by atoms with E-state index in [-0.39, 0.29) is 10.8 Å². The molecular weight excluding hydrogens is 619 g/mol. The van der Waals surface area contributed by atoms with Gasteiger partial charge < -0.3 is 14.0 Å². The fraction of sp³-hybridized carbons (Fsp3) is 0.250. The second kappa shape index (κ2) is 9.33. The molecule has 1 fully saturated rings. The Hall–Kier alpha value is -5.28. The van der Waals surface area contributed by atoms with Crippen molar-refractivity contribution in [3.8, 4) is 11.4 Å². The number of nitrogens with zero attached hydrogens (tertiary/aromatic N) is 3. The third kappa shape index (κ3) is 3.32. The van der Waals surface area contributed by atoms with Crippen molar-refractivity contribution >= 4 is 55.0 Å². The van der Waals surface area contributed by atoms with E-state index in [1.807, 2.05) is 0 Å². The molecule has 3 heteroatoms. The highest BCUT2D eigenvalue weighted by atomic mass is 15.2. The van der Waals surface area contributed by atoms with Crippen LogP contribution in [0, 0.1) is 0 Å². The van der Waals surface area contributed by atoms with Crippen LogP contribution >= 0.6 is 0 Å². The summed E-state index contributed by atoms with van der Waals surface area (Å²) >= 11 is 0. The number of rotatable bonds is 2. The van der Waals surface area contributed by atoms with Crippen LogP contribution in [0.2, 0.25) is 0 Å². The Bertz CT molecular complexity index is 2790. The predicted molar refractivity (Wildman–Crippen MR) is 213 cm³/mol. The topological polar surface area (TPSA) is 13.1 Å². The van der Waals surface area contributed by atoms with Crippen molar-refractivity contribution in [2.45, 2.75) is 76.2 Å². The van der Waals surface area contributed by atoms with Gasteiger partial charge in [0.05, 0.1) is 27.8 Å². The van der Waals surface area contributed by atoms with Gasteiger partial charge in [-0.1, -0.05) is 113 Å². The van der Waals surface area contributed by atoms with Gasteiger partial charge in [-0.15, -0.1) is 0 Å². The monoisotopic (exact) mass is 659 g/mol. The van der Waals surface area contributed by atoms with Gasteiger partial charge in [0.2, 0.25) is 0 Å². The van der Waals surface area contributed by atoms with E-state index in [0.717, 1.165) is 0 Å². The highest BCUT2D eigenvalue weighted by molar-refractivity contribution is 6.16. The molecule has 3 nitrogen and oxygen atoms in total. The van der Waals surface area contributed by atoms with Gasteiger partial charge in [0.25, 0.3) is 0 Å². The Kier molecular flexibility index (Phi) is 5.20. The van der Waals surface area contributed by atoms with Crippen LogP contribution in [-0.2, 0) is 10.8 Å². The maximum atomic E-state index is 2.75. The van der Waals surface area contributed by atoms with E-state index in [2.05, 4.69) is 157 Å². The second-order valence-corrected chi connectivity index (χ2v) is 16.8. The third-order valence-electron chi connectivity index (χ3n) is 13.7. The highest BCUT2D eigenvalue weighted by Crippen LogP contribution is 2.58. The molecule has 0 radical (unpaired) electrons. The summed E-state index contributed by atoms with van der Waals surface area (Å²) in [5.41, 5.74) is 17.6. The van der Waals surface area contributed by atoms with E-state index < -0.39 is 0 Å². The van der Waals surface area contributed by atoms with Gasteiger partial charge in [0.15, 0.2) is 0 Å². The summed E-state index contributed by atoms with van der Waals surface area (Å²) in [4.78, 5) is 2.75. The highest BCUT2D eigenvalue weighted by Gasteiger charge is 2.45. The molecule has 6 aromatic carbocycles. The standard InChI is InChI=1S/C48H41N3/c1-47(2)36-18-13-19-37-46(36)51-44-34(24-28(26-38(44)47)49-40-20-9-5-14-30(40)31-15-6-10-21-41(31)49)35-25-29(27-39(45(35)51)48(37,3)4)50-42-22-11-7-16-32(42)33-17-8-12-23-43(33)50/h5-7,9-11,13-16,18-22,24-27,33,43H,8,12,17,23H2,1-4H3/t33?,43-/m1/s1. The molecule has 0 N–H and O–H groups in total. The van der Waals surface area contributed by atoms with Gasteiger partial charge in [0.1, 0.15) is 0 Å². The molecule has 4 aliphatic rings. The third-order valence-corrected chi connectivity index (χ3v) is 13.7. The molecular formula is C48H41N3. The first-order valence-electron chi connectivity index (χ1n) is 19.0. The average molecular weight is 660 g/mol. The van der Waals surface area contributed by atoms with Gasteiger partial charge in [-0.05, 0) is 83.1 Å². The molecule has 0 saturated heterocycles. The lowest BCUT2D eigenvalue weighted by Crippen LogP contribution is -2.34. The van der Waals surface area contributed by atoms with Crippen LogP contribution in [0.3, 0.4) is 0 Å². The molecule has 2 atom stereocenters. The van der Waals surface area contributed by atoms with Gasteiger partial charge in [-0.2, -0.15) is 0 Å². The summed E-state index contributed by atoms with van der Waals surface area (Å²) in [7, 11) is 0. The van der Waals surface area contributed by atoms with Crippen molar-refractivity contribution in [1.82, 2.24) is 9.13 Å². The van der Waals surface area contributed by atoms with Crippen LogP contribution < -0.4 is 4.90 Å². The number of anilines is 2. The number of hydrogen-bond acceptors (Lipinski definition) is 1. The number of fused-ring (bicyclic) bond motifs is 7. The van der Waals surface area contributed by atoms with Crippen LogP contribution in [0.4, 0.5) is 11.4 Å². The Labute approximate surface area is 298 Å². The lowest BCUT2D eigenvalue weighted by atomic mass is 9.68. The minimum absolute atomic E-state index is 0.154. The second-order valence-electron chi connectivity index (χ2n) is 16.8. The molecule has 1 aliphatic carbocycles. The van der Waals surface area contributed by atoms with E-state index in [1.54, 1.807) is 5.56 Å². The Morgan fingerprint density at radius 1 is 0.510 bits per heavy atom. The largest absolute Gasteiger partial charge is 0.337 e. The minimum Gasteiger partial charge on any atom is -0.337 e. The SMILES string of the molecule is CC1(C)c2cccc3c2-n2c4c1cc(N1c5ccccc5C5CCCC[C@H]51)cc4c1cc(-n4c5ccccc5c5ccccc54)cc(c12)C3(C)C. The molecule has 3 aliphatic heterocycles. The first-order chi connectivity index (χ1) is 24.8. The molecule has 0 spiro atoms. The van der Waals surface area contributed by atoms with E-state index in [4.69, 9.17) is 0 Å². The van der Waals surface area contributed by atoms with Crippen LogP contribution in [0.25, 0.3) is 55.0 Å². The molecule has 8 aromatic rings. The van der Waals surface area contributed by atoms with E-state index in [0.29, 0.717) is 12.0 Å². The molecule has 0 bridgehead atoms. The minimum atomic E-state index is -0.178. The summed E-state index contributed by atoms with van der Waals surface area (Å²) in [5.74, 6) is 0.607. The summed E-state index contributed by atoms with van der Waals surface area (Å²) in [6.07, 6.45) is 5.18. The smallest absolute Gasteiger partial charge is 0.0583 e. The number of benzene rings is 6. The average Bonchev–Trinajstić information content (AvgIpc) is 3.79. The van der Waals surface area contributed by atoms with E-state index in [1.165, 1.54) is 114 Å². The molecule has 2 aromatic heterocycles. The maximum absolute atomic E-state index is 2.75. The Morgan fingerprint density at radius 2 is 1.08 bits per heavy atom. The molecule has 0 amide bonds. The molecule has 51 heavy (non-hydrogen) atoms. The number of para-hydroxylation sites is 4. The molecule has 1 unspecified atom stereocenters. The zero-order valence-corrected chi connectivity index (χ0v) is 29.8. The fourth-order valence-corrected chi connectivity index (χ4v) is 11.3. The van der Waals surface area contributed by atoms with Gasteiger partial charge in [0, 0.05) is 61.4 Å². The van der Waals surface area contributed by atoms with Crippen molar-refractivity contribution in [1.29, 1.82) is 0 Å². The Balaban J connectivity index is 1.24. The lowest BCUT2D eigenvalue weighted by molar-refractivity contribution is 0.402. The zero-order chi connectivity index (χ0) is 34.0. The van der Waals surface area contributed by atoms with Crippen LogP contribution in [0.15, 0.2) is 115 Å². The number of hydrogen-bond donors (Lipinski definition) is 0. The van der Waals surface area contributed by atoms with Crippen LogP contribution in [-0.4, -0.2) is 15.2 Å². The predicted octanol–water partition coefficient (Wildman–Crippen LogP) is 12.3. The van der Waals surface area contributed by atoms with Crippen molar-refractivity contribution in [3.63, 3.8) is 0 Å². The van der Waals surface area contributed by atoms with Crippen molar-refractivity contribution < 1.29 is 0 Å². The van der Waals surface area contributed by atoms with Crippen molar-refractivity contribution in [2.75, 3.05) is 4.90 Å². The summed E-state index contributed by atoms with van der Waals surface area (Å²) in [6.45, 7) is 9.84. The number of aromatic nitrogens is 2. The quantitative estimate of drug-likeness (QED) is 0.180. The van der Waals surface area contributed by atoms with Crippen LogP contribution in [0.1, 0.15) is 87.1 Å². The van der Waals surface area contributed by atoms with Crippen molar-refractivity contribution in [2.24, 2.45) is 0 Å².